The number of hydrogen-bond acceptors (Lipinski definition) is 3. The molecule has 0 aliphatic heterocycles. The highest BCUT2D eigenvalue weighted by molar-refractivity contribution is 5.73. The summed E-state index contributed by atoms with van der Waals surface area (Å²) in [5.41, 5.74) is 7.88. The third kappa shape index (κ3) is 4.19. The molecule has 0 saturated heterocycles. The van der Waals surface area contributed by atoms with Crippen molar-refractivity contribution in [3.63, 3.8) is 0 Å². The van der Waals surface area contributed by atoms with E-state index in [1.165, 1.54) is 0 Å². The molecule has 0 spiro atoms. The van der Waals surface area contributed by atoms with Crippen molar-refractivity contribution in [2.45, 2.75) is 12.5 Å². The Bertz CT molecular complexity index is 175. The van der Waals surface area contributed by atoms with E-state index in [2.05, 4.69) is 15.3 Å². The maximum absolute atomic E-state index is 10.3. The smallest absolute Gasteiger partial charge is 0.320 e. The fourth-order valence-electron chi connectivity index (χ4n) is 0.623. The largest absolute Gasteiger partial charge is 0.480 e. The number of nitrogens with one attached hydrogen (secondary N) is 1. The maximum atomic E-state index is 10.3. The van der Waals surface area contributed by atoms with E-state index in [1.807, 2.05) is 0 Å². The minimum absolute atomic E-state index is 0.203. The summed E-state index contributed by atoms with van der Waals surface area (Å²) >= 11 is 0. The highest BCUT2D eigenvalue weighted by Gasteiger charge is 2.12. The van der Waals surface area contributed by atoms with Crippen LogP contribution in [0, 0.1) is 0 Å². The standard InChI is InChI=1S/C5H10N4O2/c1-7-4(5(10)11)2-3-8-9-6/h4,7H,2-3H2,1H3,(H,10,11). The molecule has 0 fully saturated rings. The summed E-state index contributed by atoms with van der Waals surface area (Å²) < 4.78 is 0. The van der Waals surface area contributed by atoms with Crippen molar-refractivity contribution in [1.29, 1.82) is 0 Å². The molecule has 0 rings (SSSR count). The highest BCUT2D eigenvalue weighted by Crippen LogP contribution is 1.91. The number of carboxylic acid groups (broad SMARTS) is 1. The topological polar surface area (TPSA) is 98.1 Å². The molecule has 0 radical (unpaired) electrons. The predicted octanol–water partition coefficient (Wildman–Crippen LogP) is 0.359. The fourth-order valence-corrected chi connectivity index (χ4v) is 0.623. The van der Waals surface area contributed by atoms with Gasteiger partial charge in [0.1, 0.15) is 6.04 Å². The van der Waals surface area contributed by atoms with Gasteiger partial charge >= 0.3 is 5.97 Å². The monoisotopic (exact) mass is 158 g/mol. The molecule has 0 saturated carbocycles. The number of nitrogens with zero attached hydrogens (tertiary/aromatic N) is 3. The molecule has 0 aromatic carbocycles. The second-order valence-corrected chi connectivity index (χ2v) is 1.92. The zero-order chi connectivity index (χ0) is 8.69. The summed E-state index contributed by atoms with van der Waals surface area (Å²) in [5.74, 6) is -0.930. The van der Waals surface area contributed by atoms with Crippen LogP contribution >= 0.6 is 0 Å². The normalized spacial score (nSPS) is 11.7. The molecular formula is C5H10N4O2. The Labute approximate surface area is 63.8 Å². The molecule has 0 amide bonds. The summed E-state index contributed by atoms with van der Waals surface area (Å²) in [5, 5.41) is 14.3. The van der Waals surface area contributed by atoms with E-state index in [-0.39, 0.29) is 6.54 Å². The average molecular weight is 158 g/mol. The van der Waals surface area contributed by atoms with Gasteiger partial charge in [-0.25, -0.2) is 0 Å². The minimum Gasteiger partial charge on any atom is -0.480 e. The van der Waals surface area contributed by atoms with E-state index >= 15 is 0 Å². The Morgan fingerprint density at radius 3 is 2.91 bits per heavy atom. The number of likely N-dealkylation sites (N-methyl/N-ethyl adjacent to an activating group) is 1. The minimum atomic E-state index is -0.930. The number of hydrogen-bond donors (Lipinski definition) is 2. The first-order chi connectivity index (χ1) is 5.22. The molecule has 0 heterocycles. The lowest BCUT2D eigenvalue weighted by Gasteiger charge is -2.07. The van der Waals surface area contributed by atoms with Crippen molar-refractivity contribution in [3.8, 4) is 0 Å². The van der Waals surface area contributed by atoms with Crippen LogP contribution in [0.4, 0.5) is 0 Å². The molecule has 2 N–H and O–H groups in total. The molecule has 11 heavy (non-hydrogen) atoms. The second kappa shape index (κ2) is 5.52. The van der Waals surface area contributed by atoms with E-state index in [0.717, 1.165) is 0 Å². The first-order valence-electron chi connectivity index (χ1n) is 3.13. The van der Waals surface area contributed by atoms with Gasteiger partial charge < -0.3 is 10.4 Å². The molecule has 6 nitrogen and oxygen atoms in total. The predicted molar refractivity (Wildman–Crippen MR) is 39.1 cm³/mol. The van der Waals surface area contributed by atoms with Gasteiger partial charge in [0.05, 0.1) is 0 Å². The van der Waals surface area contributed by atoms with Crippen molar-refractivity contribution in [2.75, 3.05) is 13.6 Å². The summed E-state index contributed by atoms with van der Waals surface area (Å²) in [7, 11) is 1.55. The Kier molecular flexibility index (Phi) is 4.89. The summed E-state index contributed by atoms with van der Waals surface area (Å²) in [6.45, 7) is 0.203. The van der Waals surface area contributed by atoms with Crippen LogP contribution in [0.2, 0.25) is 0 Å². The molecule has 1 unspecified atom stereocenters. The van der Waals surface area contributed by atoms with Gasteiger partial charge in [-0.15, -0.1) is 0 Å². The van der Waals surface area contributed by atoms with Crippen LogP contribution in [0.3, 0.4) is 0 Å². The zero-order valence-corrected chi connectivity index (χ0v) is 6.19. The quantitative estimate of drug-likeness (QED) is 0.343. The molecule has 6 heteroatoms. The van der Waals surface area contributed by atoms with E-state index < -0.39 is 12.0 Å². The van der Waals surface area contributed by atoms with Gasteiger partial charge in [-0.05, 0) is 19.0 Å². The lowest BCUT2D eigenvalue weighted by molar-refractivity contribution is -0.139. The molecule has 0 aliphatic rings. The van der Waals surface area contributed by atoms with Crippen molar-refractivity contribution in [1.82, 2.24) is 5.32 Å². The third-order valence-electron chi connectivity index (χ3n) is 1.23. The first kappa shape index (κ1) is 9.74. The van der Waals surface area contributed by atoms with E-state index in [0.29, 0.717) is 6.42 Å². The SMILES string of the molecule is CNC(CCN=[N+]=[N-])C(=O)O. The first-order valence-corrected chi connectivity index (χ1v) is 3.13. The molecular weight excluding hydrogens is 148 g/mol. The van der Waals surface area contributed by atoms with Crippen molar-refractivity contribution in [2.24, 2.45) is 5.11 Å². The van der Waals surface area contributed by atoms with Gasteiger partial charge in [-0.3, -0.25) is 4.79 Å². The molecule has 62 valence electrons. The van der Waals surface area contributed by atoms with Crippen LogP contribution in [0.25, 0.3) is 10.4 Å². The Morgan fingerprint density at radius 1 is 1.91 bits per heavy atom. The van der Waals surface area contributed by atoms with Gasteiger partial charge in [0.2, 0.25) is 0 Å². The number of aliphatic carboxylic acids is 1. The molecule has 0 aromatic rings. The third-order valence-corrected chi connectivity index (χ3v) is 1.23. The van der Waals surface area contributed by atoms with Gasteiger partial charge in [0.25, 0.3) is 0 Å². The van der Waals surface area contributed by atoms with E-state index in [1.54, 1.807) is 7.05 Å². The highest BCUT2D eigenvalue weighted by atomic mass is 16.4. The van der Waals surface area contributed by atoms with Crippen LogP contribution in [0.5, 0.6) is 0 Å². The summed E-state index contributed by atoms with van der Waals surface area (Å²) in [4.78, 5) is 12.8. The molecule has 0 bridgehead atoms. The second-order valence-electron chi connectivity index (χ2n) is 1.92. The van der Waals surface area contributed by atoms with Crippen LogP contribution < -0.4 is 5.32 Å². The van der Waals surface area contributed by atoms with Gasteiger partial charge in [0.15, 0.2) is 0 Å². The fraction of sp³-hybridized carbons (Fsp3) is 0.800. The summed E-state index contributed by atoms with van der Waals surface area (Å²) in [6.07, 6.45) is 0.315. The van der Waals surface area contributed by atoms with Crippen molar-refractivity contribution < 1.29 is 9.90 Å². The Hall–Kier alpha value is -1.26. The number of carbonyl (C=O) groups is 1. The number of rotatable bonds is 5. The molecule has 0 aliphatic carbocycles. The van der Waals surface area contributed by atoms with Gasteiger partial charge in [-0.1, -0.05) is 5.11 Å². The van der Waals surface area contributed by atoms with Crippen LogP contribution in [0.1, 0.15) is 6.42 Å². The van der Waals surface area contributed by atoms with Gasteiger partial charge in [0, 0.05) is 11.5 Å². The molecule has 0 aromatic heterocycles. The Balaban J connectivity index is 3.69. The van der Waals surface area contributed by atoms with Crippen molar-refractivity contribution in [3.05, 3.63) is 10.4 Å². The van der Waals surface area contributed by atoms with E-state index in [9.17, 15) is 4.79 Å². The van der Waals surface area contributed by atoms with Crippen LogP contribution in [-0.4, -0.2) is 30.7 Å². The maximum Gasteiger partial charge on any atom is 0.320 e. The lowest BCUT2D eigenvalue weighted by Crippen LogP contribution is -2.34. The Morgan fingerprint density at radius 2 is 2.55 bits per heavy atom. The molecule has 1 atom stereocenters. The van der Waals surface area contributed by atoms with Crippen molar-refractivity contribution >= 4 is 5.97 Å². The van der Waals surface area contributed by atoms with Crippen LogP contribution in [0.15, 0.2) is 5.11 Å². The van der Waals surface area contributed by atoms with Crippen LogP contribution in [-0.2, 0) is 4.79 Å². The van der Waals surface area contributed by atoms with Gasteiger partial charge in [-0.2, -0.15) is 0 Å². The van der Waals surface area contributed by atoms with E-state index in [4.69, 9.17) is 10.6 Å². The zero-order valence-electron chi connectivity index (χ0n) is 6.19. The number of azide groups is 1. The summed E-state index contributed by atoms with van der Waals surface area (Å²) in [6, 6.07) is -0.625. The average Bonchev–Trinajstić information content (AvgIpc) is 1.97. The number of carboxylic acids is 1. The lowest BCUT2D eigenvalue weighted by atomic mass is 10.2.